The van der Waals surface area contributed by atoms with Crippen molar-refractivity contribution in [1.82, 2.24) is 4.90 Å². The zero-order valence-electron chi connectivity index (χ0n) is 13.0. The summed E-state index contributed by atoms with van der Waals surface area (Å²) < 4.78 is 5.44. The van der Waals surface area contributed by atoms with E-state index < -0.39 is 0 Å². The van der Waals surface area contributed by atoms with E-state index in [1.807, 2.05) is 13.0 Å². The van der Waals surface area contributed by atoms with Gasteiger partial charge < -0.3 is 14.7 Å². The number of phenolic OH excluding ortho intramolecular Hbond substituents is 1. The molecule has 0 radical (unpaired) electrons. The number of likely N-dealkylation sites (tertiary alicyclic amines) is 1. The summed E-state index contributed by atoms with van der Waals surface area (Å²) in [4.78, 5) is 14.8. The molecule has 0 saturated carbocycles. The summed E-state index contributed by atoms with van der Waals surface area (Å²) in [6.07, 6.45) is 2.27. The second-order valence-corrected chi connectivity index (χ2v) is 6.27. The topological polar surface area (TPSA) is 49.8 Å². The molecule has 2 aliphatic rings. The Morgan fingerprint density at radius 1 is 1.48 bits per heavy atom. The number of methoxy groups -OCH3 is 1. The molecule has 4 heteroatoms. The van der Waals surface area contributed by atoms with E-state index in [2.05, 4.69) is 11.9 Å². The van der Waals surface area contributed by atoms with Crippen LogP contribution in [0.4, 0.5) is 0 Å². The lowest BCUT2D eigenvalue weighted by Crippen LogP contribution is -2.40. The van der Waals surface area contributed by atoms with Crippen molar-refractivity contribution >= 4 is 5.78 Å². The molecule has 1 heterocycles. The molecular formula is C17H23NO3. The third-order valence-electron chi connectivity index (χ3n) is 5.05. The van der Waals surface area contributed by atoms with Crippen molar-refractivity contribution in [1.29, 1.82) is 0 Å². The molecule has 1 saturated heterocycles. The molecule has 1 aromatic rings. The van der Waals surface area contributed by atoms with E-state index in [0.29, 0.717) is 36.0 Å². The average molecular weight is 289 g/mol. The summed E-state index contributed by atoms with van der Waals surface area (Å²) >= 11 is 0. The van der Waals surface area contributed by atoms with Crippen LogP contribution in [0.1, 0.15) is 47.2 Å². The van der Waals surface area contributed by atoms with Gasteiger partial charge >= 0.3 is 0 Å². The van der Waals surface area contributed by atoms with Crippen LogP contribution in [0.15, 0.2) is 6.07 Å². The van der Waals surface area contributed by atoms with Gasteiger partial charge in [0.2, 0.25) is 0 Å². The van der Waals surface area contributed by atoms with Gasteiger partial charge in [0.15, 0.2) is 5.78 Å². The minimum absolute atomic E-state index is 0.0886. The van der Waals surface area contributed by atoms with Crippen molar-refractivity contribution in [2.75, 3.05) is 27.2 Å². The van der Waals surface area contributed by atoms with E-state index in [0.717, 1.165) is 30.6 Å². The van der Waals surface area contributed by atoms with E-state index in [1.165, 1.54) is 0 Å². The largest absolute Gasteiger partial charge is 0.507 e. The first-order valence-corrected chi connectivity index (χ1v) is 7.71. The highest BCUT2D eigenvalue weighted by atomic mass is 16.5. The Bertz CT molecular complexity index is 582. The molecule has 1 aromatic carbocycles. The van der Waals surface area contributed by atoms with E-state index in [1.54, 1.807) is 7.11 Å². The van der Waals surface area contributed by atoms with Crippen LogP contribution in [-0.2, 0) is 6.42 Å². The number of nitrogens with zero attached hydrogens (tertiary/aromatic N) is 1. The van der Waals surface area contributed by atoms with Crippen LogP contribution in [0, 0.1) is 5.92 Å². The lowest BCUT2D eigenvalue weighted by molar-refractivity contribution is 0.0883. The number of Topliss-reactive ketones (excluding diaryl/α,β-unsaturated/α-hetero) is 1. The molecule has 4 nitrogen and oxygen atoms in total. The number of aromatic hydroxyl groups is 1. The molecule has 3 rings (SSSR count). The number of likely N-dealkylation sites (N-methyl/N-ethyl adjacent to an activating group) is 1. The Kier molecular flexibility index (Phi) is 3.66. The minimum Gasteiger partial charge on any atom is -0.507 e. The summed E-state index contributed by atoms with van der Waals surface area (Å²) in [5.41, 5.74) is 2.27. The van der Waals surface area contributed by atoms with Crippen LogP contribution in [0.25, 0.3) is 0 Å². The fourth-order valence-electron chi connectivity index (χ4n) is 3.91. The summed E-state index contributed by atoms with van der Waals surface area (Å²) in [6, 6.07) is 1.99. The molecule has 0 unspecified atom stereocenters. The number of hydrogen-bond donors (Lipinski definition) is 1. The first kappa shape index (κ1) is 14.4. The van der Waals surface area contributed by atoms with Crippen molar-refractivity contribution in [3.63, 3.8) is 0 Å². The van der Waals surface area contributed by atoms with E-state index in [-0.39, 0.29) is 11.5 Å². The highest BCUT2D eigenvalue weighted by Gasteiger charge is 2.39. The number of carbonyl (C=O) groups excluding carboxylic acids is 1. The van der Waals surface area contributed by atoms with Crippen molar-refractivity contribution in [3.05, 3.63) is 22.8 Å². The number of piperidine rings is 1. The van der Waals surface area contributed by atoms with Crippen LogP contribution in [0.2, 0.25) is 0 Å². The summed E-state index contributed by atoms with van der Waals surface area (Å²) in [7, 11) is 3.74. The summed E-state index contributed by atoms with van der Waals surface area (Å²) in [6.45, 7) is 3.95. The van der Waals surface area contributed by atoms with Crippen molar-refractivity contribution in [2.45, 2.75) is 32.1 Å². The molecular weight excluding hydrogens is 266 g/mol. The van der Waals surface area contributed by atoms with E-state index >= 15 is 0 Å². The molecule has 0 bridgehead atoms. The van der Waals surface area contributed by atoms with Gasteiger partial charge in [-0.25, -0.2) is 0 Å². The molecule has 21 heavy (non-hydrogen) atoms. The van der Waals surface area contributed by atoms with Crippen molar-refractivity contribution in [3.8, 4) is 11.5 Å². The number of ether oxygens (including phenoxy) is 1. The van der Waals surface area contributed by atoms with Crippen molar-refractivity contribution < 1.29 is 14.6 Å². The lowest BCUT2D eigenvalue weighted by Gasteiger charge is -2.40. The SMILES string of the molecule is CCc1c(OC)cc2c(c1O)C(=O)C[C@@H]1CCN(C)C[C@@H]21. The Hall–Kier alpha value is -1.55. The molecule has 1 aliphatic carbocycles. The van der Waals surface area contributed by atoms with Gasteiger partial charge in [0.05, 0.1) is 12.7 Å². The van der Waals surface area contributed by atoms with E-state index in [4.69, 9.17) is 4.74 Å². The highest BCUT2D eigenvalue weighted by Crippen LogP contribution is 2.47. The third-order valence-corrected chi connectivity index (χ3v) is 5.05. The predicted octanol–water partition coefficient (Wildman–Crippen LogP) is 2.58. The van der Waals surface area contributed by atoms with E-state index in [9.17, 15) is 9.90 Å². The molecule has 1 aliphatic heterocycles. The first-order valence-electron chi connectivity index (χ1n) is 7.71. The van der Waals surface area contributed by atoms with Crippen LogP contribution in [-0.4, -0.2) is 43.0 Å². The molecule has 0 aromatic heterocycles. The Labute approximate surface area is 125 Å². The Morgan fingerprint density at radius 2 is 2.24 bits per heavy atom. The Morgan fingerprint density at radius 3 is 2.90 bits per heavy atom. The number of benzene rings is 1. The molecule has 2 atom stereocenters. The maximum atomic E-state index is 12.5. The minimum atomic E-state index is 0.0886. The van der Waals surface area contributed by atoms with Crippen molar-refractivity contribution in [2.24, 2.45) is 5.92 Å². The van der Waals surface area contributed by atoms with Crippen LogP contribution in [0.3, 0.4) is 0 Å². The number of phenols is 1. The van der Waals surface area contributed by atoms with Gasteiger partial charge in [-0.2, -0.15) is 0 Å². The van der Waals surface area contributed by atoms with Crippen LogP contribution >= 0.6 is 0 Å². The molecule has 1 N–H and O–H groups in total. The number of hydrogen-bond acceptors (Lipinski definition) is 4. The zero-order chi connectivity index (χ0) is 15.1. The molecule has 114 valence electrons. The molecule has 0 amide bonds. The first-order chi connectivity index (χ1) is 10.1. The second-order valence-electron chi connectivity index (χ2n) is 6.27. The average Bonchev–Trinajstić information content (AvgIpc) is 2.47. The second kappa shape index (κ2) is 5.34. The van der Waals surface area contributed by atoms with Crippen LogP contribution < -0.4 is 4.74 Å². The van der Waals surface area contributed by atoms with Gasteiger partial charge in [-0.3, -0.25) is 4.79 Å². The van der Waals surface area contributed by atoms with Gasteiger partial charge in [-0.15, -0.1) is 0 Å². The monoisotopic (exact) mass is 289 g/mol. The molecule has 1 fully saturated rings. The summed E-state index contributed by atoms with van der Waals surface area (Å²) in [5, 5.41) is 10.6. The maximum Gasteiger partial charge on any atom is 0.167 e. The fraction of sp³-hybridized carbons (Fsp3) is 0.588. The fourth-order valence-corrected chi connectivity index (χ4v) is 3.91. The zero-order valence-corrected chi connectivity index (χ0v) is 13.0. The van der Waals surface area contributed by atoms with Gasteiger partial charge in [-0.05, 0) is 44.0 Å². The lowest BCUT2D eigenvalue weighted by atomic mass is 9.70. The normalized spacial score (nSPS) is 25.4. The van der Waals surface area contributed by atoms with Gasteiger partial charge in [0.25, 0.3) is 0 Å². The van der Waals surface area contributed by atoms with Gasteiger partial charge in [0.1, 0.15) is 11.5 Å². The number of ketones is 1. The van der Waals surface area contributed by atoms with Gasteiger partial charge in [0, 0.05) is 24.4 Å². The summed E-state index contributed by atoms with van der Waals surface area (Å²) in [5.74, 6) is 1.66. The third kappa shape index (κ3) is 2.22. The Balaban J connectivity index is 2.16. The maximum absolute atomic E-state index is 12.5. The molecule has 0 spiro atoms. The number of rotatable bonds is 2. The predicted molar refractivity (Wildman–Crippen MR) is 81.3 cm³/mol. The quantitative estimate of drug-likeness (QED) is 0.909. The smallest absolute Gasteiger partial charge is 0.167 e. The number of fused-ring (bicyclic) bond motifs is 3. The number of carbonyl (C=O) groups is 1. The van der Waals surface area contributed by atoms with Crippen LogP contribution in [0.5, 0.6) is 11.5 Å². The van der Waals surface area contributed by atoms with Gasteiger partial charge in [-0.1, -0.05) is 6.92 Å². The standard InChI is InChI=1S/C17H23NO3/c1-4-11-15(21-3)8-12-13-9-18(2)6-5-10(13)7-14(19)16(12)17(11)20/h8,10,13,20H,4-7,9H2,1-3H3/t10-,13+/m0/s1. The highest BCUT2D eigenvalue weighted by molar-refractivity contribution is 6.02.